The van der Waals surface area contributed by atoms with Gasteiger partial charge in [-0.3, -0.25) is 9.59 Å². The molecule has 63 heavy (non-hydrogen) atoms. The summed E-state index contributed by atoms with van der Waals surface area (Å²) < 4.78 is 18.3. The Morgan fingerprint density at radius 3 is 2.41 bits per heavy atom. The molecule has 1 saturated heterocycles. The van der Waals surface area contributed by atoms with Crippen LogP contribution in [-0.4, -0.2) is 121 Å². The maximum absolute atomic E-state index is 14.8. The summed E-state index contributed by atoms with van der Waals surface area (Å²) in [6, 6.07) is -1.24. The highest BCUT2D eigenvalue weighted by molar-refractivity contribution is 5.84. The predicted molar refractivity (Wildman–Crippen MR) is 230 cm³/mol. The van der Waals surface area contributed by atoms with Gasteiger partial charge in [-0.05, 0) is 109 Å². The zero-order valence-electron chi connectivity index (χ0n) is 38.9. The van der Waals surface area contributed by atoms with E-state index in [2.05, 4.69) is 75.5 Å². The van der Waals surface area contributed by atoms with Crippen molar-refractivity contribution < 1.29 is 54.1 Å². The lowest BCUT2D eigenvalue weighted by molar-refractivity contribution is -0.312. The zero-order chi connectivity index (χ0) is 46.1. The largest absolute Gasteiger partial charge is 0.465 e. The Hall–Kier alpha value is -2.99. The minimum Gasteiger partial charge on any atom is -0.465 e. The monoisotopic (exact) mass is 886 g/mol. The number of fused-ring (bicyclic) bond motifs is 7. The van der Waals surface area contributed by atoms with Crippen molar-refractivity contribution >= 4 is 17.8 Å². The number of hydrogen-bond donors (Lipinski definition) is 7. The molecular weight excluding hydrogens is 811 g/mol. The molecule has 7 rings (SSSR count). The van der Waals surface area contributed by atoms with Crippen LogP contribution in [0.5, 0.6) is 0 Å². The second-order valence-corrected chi connectivity index (χ2v) is 21.7. The lowest BCUT2D eigenvalue weighted by atomic mass is 9.33. The first-order valence-corrected chi connectivity index (χ1v) is 23.4. The van der Waals surface area contributed by atoms with E-state index in [4.69, 9.17) is 14.2 Å². The zero-order valence-corrected chi connectivity index (χ0v) is 38.9. The predicted octanol–water partition coefficient (Wildman–Crippen LogP) is 3.17. The van der Waals surface area contributed by atoms with E-state index >= 15 is 0 Å². The van der Waals surface area contributed by atoms with E-state index in [1.54, 1.807) is 6.20 Å². The number of ether oxygens (including phenoxy) is 3. The SMILES string of the molecule is COC(=O)[C@@]1(OCCn2cc(CNC(=O)[C@]34CC[C@@H](C)[C@H](C)[C@@H]3C3=CC[C@@H]5[C@@]6(C)CC[C@H](O)C(C)(C)[C@@H]6CC[C@@]5(C)[C@]3(C)CC4)nn2)C[C@H](O)[C@@H](NC(C)=O)[C@H]([C@H](O)[C@H](O)CO)O1. The second kappa shape index (κ2) is 17.3. The van der Waals surface area contributed by atoms with Crippen LogP contribution >= 0.6 is 0 Å². The molecule has 5 fully saturated rings. The molecule has 7 N–H and O–H groups in total. The van der Waals surface area contributed by atoms with Gasteiger partial charge in [0, 0.05) is 13.3 Å². The van der Waals surface area contributed by atoms with Gasteiger partial charge in [-0.25, -0.2) is 9.48 Å². The van der Waals surface area contributed by atoms with Crippen molar-refractivity contribution in [1.82, 2.24) is 25.6 Å². The van der Waals surface area contributed by atoms with Gasteiger partial charge in [0.25, 0.3) is 5.79 Å². The normalized spacial score (nSPS) is 42.8. The number of methoxy groups -OCH3 is 1. The van der Waals surface area contributed by atoms with E-state index in [0.29, 0.717) is 29.4 Å². The molecule has 1 aromatic heterocycles. The van der Waals surface area contributed by atoms with Gasteiger partial charge in [-0.15, -0.1) is 5.10 Å². The Morgan fingerprint density at radius 2 is 1.73 bits per heavy atom. The van der Waals surface area contributed by atoms with Gasteiger partial charge >= 0.3 is 5.97 Å². The number of carbonyl (C=O) groups excluding carboxylic acids is 3. The standard InChI is InChI=1S/C47H75N5O11/c1-26-12-17-46(19-18-44(7)30(36(46)27(26)2)10-11-34-43(6)15-14-35(57)42(4,5)33(43)13-16-45(34,44)8)40(59)48-23-29-24-52(51-50-29)20-21-62-47(41(60)61-9)22-31(55)37(49-28(3)54)39(63-47)38(58)32(56)25-53/h10,24,26-27,31-39,53,55-58H,11-23,25H2,1-9H3,(H,48,59)(H,49,54)/t26-,27+,31+,32-,33+,34-,35+,36-,37-,38-,39-,43+,44-,45-,46+,47-/m1/s1. The van der Waals surface area contributed by atoms with E-state index in [1.165, 1.54) is 17.2 Å². The Labute approximate surface area is 372 Å². The summed E-state index contributed by atoms with van der Waals surface area (Å²) in [6.07, 6.45) is 5.75. The van der Waals surface area contributed by atoms with Crippen molar-refractivity contribution in [2.24, 2.45) is 56.7 Å². The molecule has 16 atom stereocenters. The molecule has 1 aromatic rings. The van der Waals surface area contributed by atoms with Crippen molar-refractivity contribution in [2.45, 2.75) is 175 Å². The first kappa shape index (κ1) is 48.0. The van der Waals surface area contributed by atoms with Crippen LogP contribution in [0.25, 0.3) is 0 Å². The van der Waals surface area contributed by atoms with E-state index in [0.717, 1.165) is 64.9 Å². The lowest BCUT2D eigenvalue weighted by Gasteiger charge is -2.71. The van der Waals surface area contributed by atoms with Gasteiger partial charge in [-0.2, -0.15) is 0 Å². The lowest BCUT2D eigenvalue weighted by Crippen LogP contribution is -2.68. The number of nitrogens with one attached hydrogen (secondary N) is 2. The van der Waals surface area contributed by atoms with Crippen LogP contribution in [0, 0.1) is 56.7 Å². The average molecular weight is 886 g/mol. The van der Waals surface area contributed by atoms with Crippen LogP contribution in [0.3, 0.4) is 0 Å². The number of amides is 2. The number of allylic oxidation sites excluding steroid dienone is 2. The number of aliphatic hydroxyl groups excluding tert-OH is 5. The third kappa shape index (κ3) is 7.78. The third-order valence-electron chi connectivity index (χ3n) is 18.4. The molecule has 0 bridgehead atoms. The fourth-order valence-corrected chi connectivity index (χ4v) is 14.5. The number of hydrogen-bond acceptors (Lipinski definition) is 13. The Morgan fingerprint density at radius 1 is 1.00 bits per heavy atom. The van der Waals surface area contributed by atoms with Crippen LogP contribution in [0.4, 0.5) is 0 Å². The molecule has 354 valence electrons. The van der Waals surface area contributed by atoms with Crippen LogP contribution in [-0.2, 0) is 41.7 Å². The molecule has 0 unspecified atom stereocenters. The first-order valence-electron chi connectivity index (χ1n) is 23.4. The molecule has 2 heterocycles. The van der Waals surface area contributed by atoms with E-state index in [9.17, 15) is 39.9 Å². The molecule has 16 heteroatoms. The summed E-state index contributed by atoms with van der Waals surface area (Å²) >= 11 is 0. The minimum absolute atomic E-state index is 0.0314. The van der Waals surface area contributed by atoms with Crippen molar-refractivity contribution in [3.63, 3.8) is 0 Å². The molecule has 0 spiro atoms. The Bertz CT molecular complexity index is 1910. The van der Waals surface area contributed by atoms with Gasteiger partial charge in [0.1, 0.15) is 24.0 Å². The van der Waals surface area contributed by atoms with Crippen molar-refractivity contribution in [3.8, 4) is 0 Å². The number of aliphatic hydroxyl groups is 5. The number of esters is 1. The molecule has 2 amide bonds. The highest BCUT2D eigenvalue weighted by atomic mass is 16.7. The summed E-state index contributed by atoms with van der Waals surface area (Å²) in [5.41, 5.74) is 1.59. The van der Waals surface area contributed by atoms with E-state index < -0.39 is 66.6 Å². The summed E-state index contributed by atoms with van der Waals surface area (Å²) in [6.45, 7) is 17.3. The molecule has 4 saturated carbocycles. The Kier molecular flexibility index (Phi) is 13.2. The summed E-state index contributed by atoms with van der Waals surface area (Å²) in [7, 11) is 1.11. The average Bonchev–Trinajstić information content (AvgIpc) is 3.70. The maximum atomic E-state index is 14.8. The molecule has 0 aromatic carbocycles. The molecule has 16 nitrogen and oxygen atoms in total. The topological polar surface area (TPSA) is 235 Å². The van der Waals surface area contributed by atoms with Crippen molar-refractivity contribution in [3.05, 3.63) is 23.5 Å². The van der Waals surface area contributed by atoms with Crippen molar-refractivity contribution in [1.29, 1.82) is 0 Å². The first-order chi connectivity index (χ1) is 29.5. The van der Waals surface area contributed by atoms with Gasteiger partial charge in [0.05, 0.1) is 63.3 Å². The highest BCUT2D eigenvalue weighted by Gasteiger charge is 2.69. The van der Waals surface area contributed by atoms with Crippen LogP contribution in [0.2, 0.25) is 0 Å². The van der Waals surface area contributed by atoms with Gasteiger partial charge in [0.2, 0.25) is 11.8 Å². The van der Waals surface area contributed by atoms with Crippen LogP contribution in [0.15, 0.2) is 17.8 Å². The fraction of sp³-hybridized carbons (Fsp3) is 0.851. The molecule has 5 aliphatic carbocycles. The molecular formula is C47H75N5O11. The summed E-state index contributed by atoms with van der Waals surface area (Å²) in [5.74, 6) is -1.80. The third-order valence-corrected chi connectivity index (χ3v) is 18.4. The fourth-order valence-electron chi connectivity index (χ4n) is 14.5. The summed E-state index contributed by atoms with van der Waals surface area (Å²) in [5, 5.41) is 67.1. The van der Waals surface area contributed by atoms with E-state index in [-0.39, 0.29) is 59.3 Å². The molecule has 6 aliphatic rings. The second-order valence-electron chi connectivity index (χ2n) is 21.7. The van der Waals surface area contributed by atoms with Crippen molar-refractivity contribution in [2.75, 3.05) is 20.3 Å². The molecule has 0 radical (unpaired) electrons. The van der Waals surface area contributed by atoms with Crippen LogP contribution < -0.4 is 10.6 Å². The number of aromatic nitrogens is 3. The van der Waals surface area contributed by atoms with Gasteiger partial charge < -0.3 is 50.4 Å². The smallest absolute Gasteiger partial charge is 0.366 e. The van der Waals surface area contributed by atoms with Crippen LogP contribution in [0.1, 0.15) is 125 Å². The van der Waals surface area contributed by atoms with Gasteiger partial charge in [0.15, 0.2) is 0 Å². The number of rotatable bonds is 12. The number of nitrogens with zero attached hydrogens (tertiary/aromatic N) is 3. The quantitative estimate of drug-likeness (QED) is 0.118. The highest BCUT2D eigenvalue weighted by Crippen LogP contribution is 2.75. The number of carbonyl (C=O) groups is 3. The Balaban J connectivity index is 1.04. The molecule has 1 aliphatic heterocycles. The summed E-state index contributed by atoms with van der Waals surface area (Å²) in [4.78, 5) is 39.9. The van der Waals surface area contributed by atoms with Gasteiger partial charge in [-0.1, -0.05) is 65.3 Å². The minimum atomic E-state index is -2.23. The maximum Gasteiger partial charge on any atom is 0.366 e. The van der Waals surface area contributed by atoms with E-state index in [1.807, 2.05) is 0 Å².